The van der Waals surface area contributed by atoms with Gasteiger partial charge in [-0.25, -0.2) is 9.35 Å². The van der Waals surface area contributed by atoms with Crippen LogP contribution >= 0.6 is 10.3 Å². The van der Waals surface area contributed by atoms with Crippen LogP contribution in [0.5, 0.6) is 0 Å². The first-order valence-corrected chi connectivity index (χ1v) is 9.51. The molecule has 0 saturated heterocycles. The molecule has 0 aliphatic rings. The van der Waals surface area contributed by atoms with Crippen molar-refractivity contribution in [3.8, 4) is 0 Å². The molecule has 1 rings (SSSR count). The van der Waals surface area contributed by atoms with Crippen molar-refractivity contribution in [1.29, 1.82) is 0 Å². The molecule has 3 heteroatoms. The van der Waals surface area contributed by atoms with Crippen molar-refractivity contribution in [2.45, 2.75) is 58.8 Å². The number of aryl methyl sites for hydroxylation is 1. The van der Waals surface area contributed by atoms with E-state index in [0.29, 0.717) is 0 Å². The van der Waals surface area contributed by atoms with Gasteiger partial charge in [-0.1, -0.05) is 38.5 Å². The summed E-state index contributed by atoms with van der Waals surface area (Å²) in [7, 11) is -1.21. The lowest BCUT2D eigenvalue weighted by atomic mass is 10.1. The minimum Gasteiger partial charge on any atom is -0.238 e. The van der Waals surface area contributed by atoms with Crippen LogP contribution in [-0.4, -0.2) is 22.8 Å². The van der Waals surface area contributed by atoms with E-state index in [1.54, 1.807) is 0 Å². The van der Waals surface area contributed by atoms with Crippen LogP contribution in [0.3, 0.4) is 0 Å². The Balaban J connectivity index is 3.13. The number of hydrogen-bond acceptors (Lipinski definition) is 2. The minimum absolute atomic E-state index is 0.0786. The van der Waals surface area contributed by atoms with E-state index in [1.807, 2.05) is 0 Å². The van der Waals surface area contributed by atoms with Crippen molar-refractivity contribution in [3.05, 3.63) is 29.8 Å². The molecule has 0 aliphatic heterocycles. The van der Waals surface area contributed by atoms with E-state index in [-0.39, 0.29) is 10.3 Å². The molecule has 0 saturated carbocycles. The predicted octanol–water partition coefficient (Wildman–Crippen LogP) is 5.31. The van der Waals surface area contributed by atoms with Gasteiger partial charge in [0, 0.05) is 4.75 Å². The van der Waals surface area contributed by atoms with Crippen LogP contribution in [0.4, 0.5) is 5.69 Å². The fourth-order valence-corrected chi connectivity index (χ4v) is 2.43. The predicted molar refractivity (Wildman–Crippen MR) is 93.7 cm³/mol. The SMILES string of the molecule is Cc1ccc(N(OS(C)(C)C(C)(C)C)C(C)(C)C)cc1. The lowest BCUT2D eigenvalue weighted by Crippen LogP contribution is -2.44. The van der Waals surface area contributed by atoms with E-state index in [2.05, 4.69) is 90.3 Å². The number of anilines is 1. The lowest BCUT2D eigenvalue weighted by molar-refractivity contribution is 0.225. The average molecular weight is 298 g/mol. The second-order valence-corrected chi connectivity index (χ2v) is 11.6. The third-order valence-corrected chi connectivity index (χ3v) is 7.08. The third-order valence-electron chi connectivity index (χ3n) is 3.61. The quantitative estimate of drug-likeness (QED) is 0.701. The summed E-state index contributed by atoms with van der Waals surface area (Å²) in [5.74, 6) is 0. The molecule has 0 amide bonds. The van der Waals surface area contributed by atoms with E-state index in [4.69, 9.17) is 4.28 Å². The Morgan fingerprint density at radius 3 is 1.70 bits per heavy atom. The van der Waals surface area contributed by atoms with Crippen molar-refractivity contribution in [2.24, 2.45) is 0 Å². The maximum absolute atomic E-state index is 6.51. The van der Waals surface area contributed by atoms with Crippen LogP contribution in [0.1, 0.15) is 47.1 Å². The molecule has 0 heterocycles. The molecule has 0 aliphatic carbocycles. The molecule has 0 spiro atoms. The monoisotopic (exact) mass is 297 g/mol. The molecule has 20 heavy (non-hydrogen) atoms. The summed E-state index contributed by atoms with van der Waals surface area (Å²) < 4.78 is 6.65. The summed E-state index contributed by atoms with van der Waals surface area (Å²) >= 11 is 0. The van der Waals surface area contributed by atoms with Crippen molar-refractivity contribution in [3.63, 3.8) is 0 Å². The topological polar surface area (TPSA) is 12.5 Å². The lowest BCUT2D eigenvalue weighted by Gasteiger charge is -2.49. The first-order chi connectivity index (χ1) is 8.84. The molecule has 0 N–H and O–H groups in total. The Labute approximate surface area is 127 Å². The smallest absolute Gasteiger partial charge is 0.0654 e. The molecule has 0 aromatic heterocycles. The molecule has 116 valence electrons. The molecule has 0 fully saturated rings. The fraction of sp³-hybridized carbons (Fsp3) is 0.647. The number of hydrogen-bond donors (Lipinski definition) is 0. The van der Waals surface area contributed by atoms with Crippen LogP contribution in [0.15, 0.2) is 24.3 Å². The summed E-state index contributed by atoms with van der Waals surface area (Å²) in [5, 5.41) is 2.08. The van der Waals surface area contributed by atoms with Crippen LogP contribution in [0.2, 0.25) is 0 Å². The van der Waals surface area contributed by atoms with Crippen LogP contribution in [0.25, 0.3) is 0 Å². The highest BCUT2D eigenvalue weighted by atomic mass is 32.3. The van der Waals surface area contributed by atoms with E-state index >= 15 is 0 Å². The van der Waals surface area contributed by atoms with E-state index < -0.39 is 10.3 Å². The van der Waals surface area contributed by atoms with Crippen LogP contribution in [-0.2, 0) is 4.28 Å². The number of benzene rings is 1. The average Bonchev–Trinajstić information content (AvgIpc) is 2.24. The van der Waals surface area contributed by atoms with Gasteiger partial charge < -0.3 is 0 Å². The summed E-state index contributed by atoms with van der Waals surface area (Å²) in [6.45, 7) is 15.4. The van der Waals surface area contributed by atoms with Gasteiger partial charge in [0.1, 0.15) is 0 Å². The maximum atomic E-state index is 6.51. The molecular weight excluding hydrogens is 266 g/mol. The number of hydroxylamine groups is 1. The van der Waals surface area contributed by atoms with Crippen molar-refractivity contribution in [1.82, 2.24) is 0 Å². The summed E-state index contributed by atoms with van der Waals surface area (Å²) in [5.41, 5.74) is 2.31. The number of rotatable bonds is 3. The minimum atomic E-state index is -1.21. The van der Waals surface area contributed by atoms with Crippen LogP contribution < -0.4 is 5.06 Å². The highest BCUT2D eigenvalue weighted by molar-refractivity contribution is 8.29. The first kappa shape index (κ1) is 17.4. The van der Waals surface area contributed by atoms with Gasteiger partial charge in [0.2, 0.25) is 0 Å². The summed E-state index contributed by atoms with van der Waals surface area (Å²) in [4.78, 5) is 0. The molecule has 0 radical (unpaired) electrons. The largest absolute Gasteiger partial charge is 0.238 e. The Morgan fingerprint density at radius 2 is 1.35 bits per heavy atom. The van der Waals surface area contributed by atoms with Gasteiger partial charge in [-0.2, -0.15) is 0 Å². The highest BCUT2D eigenvalue weighted by Crippen LogP contribution is 2.55. The van der Waals surface area contributed by atoms with Gasteiger partial charge >= 0.3 is 0 Å². The van der Waals surface area contributed by atoms with E-state index in [9.17, 15) is 0 Å². The Bertz CT molecular complexity index is 438. The molecule has 2 nitrogen and oxygen atoms in total. The molecule has 0 atom stereocenters. The Hall–Kier alpha value is -0.670. The standard InChI is InChI=1S/C17H31NOS/c1-14-10-12-15(13-11-14)18(16(2,3)4)19-20(8,9)17(5,6)7/h10-13H,1-9H3. The molecular formula is C17H31NOS. The van der Waals surface area contributed by atoms with E-state index in [0.717, 1.165) is 5.69 Å². The summed E-state index contributed by atoms with van der Waals surface area (Å²) in [6.07, 6.45) is 4.47. The van der Waals surface area contributed by atoms with Gasteiger partial charge in [-0.15, -0.1) is 10.3 Å². The van der Waals surface area contributed by atoms with Gasteiger partial charge in [0.05, 0.1) is 11.2 Å². The normalized spacial score (nSPS) is 14.2. The van der Waals surface area contributed by atoms with Crippen LogP contribution in [0, 0.1) is 6.92 Å². The number of nitrogens with zero attached hydrogens (tertiary/aromatic N) is 1. The zero-order valence-corrected chi connectivity index (χ0v) is 15.4. The van der Waals surface area contributed by atoms with Gasteiger partial charge in [-0.3, -0.25) is 0 Å². The zero-order chi connectivity index (χ0) is 15.8. The molecule has 0 bridgehead atoms. The fourth-order valence-electron chi connectivity index (χ4n) is 1.52. The second-order valence-electron chi connectivity index (χ2n) is 7.72. The second kappa shape index (κ2) is 5.61. The molecule has 1 aromatic rings. The Kier molecular flexibility index (Phi) is 4.87. The third kappa shape index (κ3) is 4.16. The molecule has 0 unspecified atom stereocenters. The van der Waals surface area contributed by atoms with Gasteiger partial charge in [-0.05, 0) is 52.3 Å². The van der Waals surface area contributed by atoms with Gasteiger partial charge in [0.15, 0.2) is 0 Å². The first-order valence-electron chi connectivity index (χ1n) is 7.14. The Morgan fingerprint density at radius 1 is 0.900 bits per heavy atom. The molecule has 1 aromatic carbocycles. The summed E-state index contributed by atoms with van der Waals surface area (Å²) in [6, 6.07) is 8.55. The maximum Gasteiger partial charge on any atom is 0.0654 e. The zero-order valence-electron chi connectivity index (χ0n) is 14.6. The van der Waals surface area contributed by atoms with E-state index in [1.165, 1.54) is 5.56 Å². The van der Waals surface area contributed by atoms with Gasteiger partial charge in [0.25, 0.3) is 0 Å². The van der Waals surface area contributed by atoms with Crippen molar-refractivity contribution >= 4 is 16.0 Å². The highest BCUT2D eigenvalue weighted by Gasteiger charge is 2.35. The van der Waals surface area contributed by atoms with Crippen molar-refractivity contribution in [2.75, 3.05) is 17.6 Å². The van der Waals surface area contributed by atoms with Crippen molar-refractivity contribution < 1.29 is 4.28 Å².